The number of carbonyl (C=O) groups excluding carboxylic acids is 2. The Morgan fingerprint density at radius 2 is 1.91 bits per heavy atom. The Kier molecular flexibility index (Phi) is 8.00. The predicted molar refractivity (Wildman–Crippen MR) is 121 cm³/mol. The second-order valence-corrected chi connectivity index (χ2v) is 7.92. The number of rotatable bonds is 10. The molecule has 0 radical (unpaired) electrons. The van der Waals surface area contributed by atoms with E-state index in [2.05, 4.69) is 4.98 Å². The van der Waals surface area contributed by atoms with Crippen LogP contribution in [0.15, 0.2) is 54.4 Å². The quantitative estimate of drug-likeness (QED) is 0.260. The van der Waals surface area contributed by atoms with Gasteiger partial charge >= 0.3 is 0 Å². The molecule has 1 unspecified atom stereocenters. The Hall–Kier alpha value is -3.19. The zero-order valence-electron chi connectivity index (χ0n) is 18.8. The van der Waals surface area contributed by atoms with Crippen molar-refractivity contribution in [1.82, 2.24) is 9.88 Å². The molecular formula is C25H30N2O5. The Morgan fingerprint density at radius 3 is 2.53 bits per heavy atom. The van der Waals surface area contributed by atoms with Crippen LogP contribution in [0.25, 0.3) is 5.76 Å². The molecule has 1 amide bonds. The number of aliphatic hydroxyl groups excluding tert-OH is 1. The van der Waals surface area contributed by atoms with E-state index in [1.54, 1.807) is 48.8 Å². The van der Waals surface area contributed by atoms with Crippen LogP contribution in [0, 0.1) is 0 Å². The van der Waals surface area contributed by atoms with E-state index in [1.807, 2.05) is 20.8 Å². The average Bonchev–Trinajstić information content (AvgIpc) is 3.05. The third-order valence-electron chi connectivity index (χ3n) is 5.14. The normalized spacial score (nSPS) is 17.9. The number of carbonyl (C=O) groups is 2. The van der Waals surface area contributed by atoms with Crippen molar-refractivity contribution in [3.05, 3.63) is 65.5 Å². The molecule has 1 N–H and O–H groups in total. The first kappa shape index (κ1) is 23.5. The summed E-state index contributed by atoms with van der Waals surface area (Å²) in [4.78, 5) is 31.5. The number of ether oxygens (including phenoxy) is 2. The highest BCUT2D eigenvalue weighted by molar-refractivity contribution is 6.46. The van der Waals surface area contributed by atoms with Gasteiger partial charge in [-0.3, -0.25) is 14.6 Å². The van der Waals surface area contributed by atoms with Gasteiger partial charge in [0.05, 0.1) is 24.3 Å². The monoisotopic (exact) mass is 438 g/mol. The number of hydrogen-bond donors (Lipinski definition) is 1. The molecule has 2 heterocycles. The summed E-state index contributed by atoms with van der Waals surface area (Å²) in [6.07, 6.45) is 4.79. The fraction of sp³-hybridized carbons (Fsp3) is 0.400. The van der Waals surface area contributed by atoms with Crippen molar-refractivity contribution in [3.63, 3.8) is 0 Å². The van der Waals surface area contributed by atoms with Gasteiger partial charge in [0.2, 0.25) is 0 Å². The summed E-state index contributed by atoms with van der Waals surface area (Å²) < 4.78 is 11.2. The molecule has 0 saturated carbocycles. The molecular weight excluding hydrogens is 408 g/mol. The molecule has 7 heteroatoms. The highest BCUT2D eigenvalue weighted by atomic mass is 16.5. The van der Waals surface area contributed by atoms with Gasteiger partial charge in [-0.2, -0.15) is 0 Å². The summed E-state index contributed by atoms with van der Waals surface area (Å²) in [6.45, 7) is 7.31. The second kappa shape index (κ2) is 10.9. The molecule has 1 atom stereocenters. The summed E-state index contributed by atoms with van der Waals surface area (Å²) in [5, 5.41) is 11.1. The largest absolute Gasteiger partial charge is 0.507 e. The number of ketones is 1. The lowest BCUT2D eigenvalue weighted by Gasteiger charge is -2.25. The van der Waals surface area contributed by atoms with Crippen molar-refractivity contribution in [2.75, 3.05) is 19.8 Å². The van der Waals surface area contributed by atoms with Gasteiger partial charge in [-0.1, -0.05) is 13.0 Å². The second-order valence-electron chi connectivity index (χ2n) is 7.92. The van der Waals surface area contributed by atoms with Gasteiger partial charge in [0, 0.05) is 31.1 Å². The molecule has 0 bridgehead atoms. The molecule has 0 aliphatic carbocycles. The van der Waals surface area contributed by atoms with E-state index in [0.717, 1.165) is 6.42 Å². The zero-order valence-corrected chi connectivity index (χ0v) is 18.8. The molecule has 1 aromatic heterocycles. The van der Waals surface area contributed by atoms with E-state index in [1.165, 1.54) is 4.90 Å². The van der Waals surface area contributed by atoms with E-state index in [0.29, 0.717) is 43.1 Å². The maximum Gasteiger partial charge on any atom is 0.295 e. The van der Waals surface area contributed by atoms with Crippen LogP contribution >= 0.6 is 0 Å². The molecule has 1 aliphatic heterocycles. The van der Waals surface area contributed by atoms with Gasteiger partial charge in [-0.05, 0) is 62.6 Å². The number of aromatic nitrogens is 1. The van der Waals surface area contributed by atoms with E-state index >= 15 is 0 Å². The van der Waals surface area contributed by atoms with Gasteiger partial charge < -0.3 is 19.5 Å². The summed E-state index contributed by atoms with van der Waals surface area (Å²) in [5.74, 6) is -0.863. The predicted octanol–water partition coefficient (Wildman–Crippen LogP) is 4.11. The van der Waals surface area contributed by atoms with Crippen molar-refractivity contribution < 1.29 is 24.2 Å². The van der Waals surface area contributed by atoms with Crippen molar-refractivity contribution in [2.45, 2.75) is 45.8 Å². The number of nitrogens with zero attached hydrogens (tertiary/aromatic N) is 2. The van der Waals surface area contributed by atoms with E-state index in [4.69, 9.17) is 9.47 Å². The van der Waals surface area contributed by atoms with Crippen LogP contribution in [-0.4, -0.2) is 52.5 Å². The molecule has 1 aromatic carbocycles. The lowest BCUT2D eigenvalue weighted by molar-refractivity contribution is -0.140. The lowest BCUT2D eigenvalue weighted by atomic mass is 9.96. The van der Waals surface area contributed by atoms with Crippen LogP contribution < -0.4 is 4.74 Å². The molecule has 3 rings (SSSR count). The minimum Gasteiger partial charge on any atom is -0.507 e. The van der Waals surface area contributed by atoms with Crippen LogP contribution in [0.3, 0.4) is 0 Å². The minimum atomic E-state index is -0.709. The van der Waals surface area contributed by atoms with E-state index in [-0.39, 0.29) is 17.4 Å². The topological polar surface area (TPSA) is 89.0 Å². The maximum absolute atomic E-state index is 13.0. The number of amides is 1. The zero-order chi connectivity index (χ0) is 23.1. The third kappa shape index (κ3) is 5.34. The molecule has 2 aromatic rings. The lowest BCUT2D eigenvalue weighted by Crippen LogP contribution is -2.31. The summed E-state index contributed by atoms with van der Waals surface area (Å²) in [7, 11) is 0. The van der Waals surface area contributed by atoms with Gasteiger partial charge in [0.15, 0.2) is 0 Å². The molecule has 170 valence electrons. The van der Waals surface area contributed by atoms with E-state index < -0.39 is 17.7 Å². The average molecular weight is 439 g/mol. The molecule has 1 aliphatic rings. The smallest absolute Gasteiger partial charge is 0.295 e. The van der Waals surface area contributed by atoms with Crippen LogP contribution in [0.2, 0.25) is 0 Å². The van der Waals surface area contributed by atoms with Gasteiger partial charge in [-0.15, -0.1) is 0 Å². The first-order valence-electron chi connectivity index (χ1n) is 11.0. The first-order chi connectivity index (χ1) is 15.4. The number of aliphatic hydroxyl groups is 1. The summed E-state index contributed by atoms with van der Waals surface area (Å²) in [6, 6.07) is 9.69. The van der Waals surface area contributed by atoms with Crippen molar-refractivity contribution in [3.8, 4) is 5.75 Å². The van der Waals surface area contributed by atoms with Gasteiger partial charge in [0.1, 0.15) is 11.5 Å². The molecule has 1 saturated heterocycles. The van der Waals surface area contributed by atoms with Crippen molar-refractivity contribution in [2.24, 2.45) is 0 Å². The fourth-order valence-electron chi connectivity index (χ4n) is 3.63. The fourth-order valence-corrected chi connectivity index (χ4v) is 3.63. The van der Waals surface area contributed by atoms with Gasteiger partial charge in [0.25, 0.3) is 11.7 Å². The van der Waals surface area contributed by atoms with Crippen LogP contribution in [0.1, 0.15) is 50.8 Å². The summed E-state index contributed by atoms with van der Waals surface area (Å²) >= 11 is 0. The highest BCUT2D eigenvalue weighted by Gasteiger charge is 2.45. The Balaban J connectivity index is 1.94. The first-order valence-corrected chi connectivity index (χ1v) is 11.0. The minimum absolute atomic E-state index is 0.0648. The SMILES string of the molecule is CCCOc1ccc(/C(O)=C2/C(=O)C(=O)N(CCCOC(C)C)C2c2cccnc2)cc1. The number of likely N-dealkylation sites (tertiary alicyclic amines) is 1. The Labute approximate surface area is 188 Å². The summed E-state index contributed by atoms with van der Waals surface area (Å²) in [5.41, 5.74) is 1.18. The molecule has 32 heavy (non-hydrogen) atoms. The molecule has 1 fully saturated rings. The van der Waals surface area contributed by atoms with E-state index in [9.17, 15) is 14.7 Å². The molecule has 7 nitrogen and oxygen atoms in total. The highest BCUT2D eigenvalue weighted by Crippen LogP contribution is 2.39. The number of hydrogen-bond acceptors (Lipinski definition) is 6. The third-order valence-corrected chi connectivity index (χ3v) is 5.14. The standard InChI is InChI=1S/C25H30N2O5/c1-4-14-32-20-10-8-18(9-11-20)23(28)21-22(19-7-5-12-26-16-19)27(25(30)24(21)29)13-6-15-31-17(2)3/h5,7-12,16-17,22,28H,4,6,13-15H2,1-3H3/b23-21-. The molecule has 0 spiro atoms. The Bertz CT molecular complexity index is 954. The number of Topliss-reactive ketones (excluding diaryl/α,β-unsaturated/α-hetero) is 1. The number of pyridine rings is 1. The van der Waals surface area contributed by atoms with Gasteiger partial charge in [-0.25, -0.2) is 0 Å². The Morgan fingerprint density at radius 1 is 1.16 bits per heavy atom. The van der Waals surface area contributed by atoms with Crippen LogP contribution in [0.4, 0.5) is 0 Å². The number of benzene rings is 1. The van der Waals surface area contributed by atoms with Crippen molar-refractivity contribution >= 4 is 17.4 Å². The van der Waals surface area contributed by atoms with Crippen molar-refractivity contribution in [1.29, 1.82) is 0 Å². The maximum atomic E-state index is 13.0. The van der Waals surface area contributed by atoms with Crippen LogP contribution in [0.5, 0.6) is 5.75 Å². The van der Waals surface area contributed by atoms with Crippen LogP contribution in [-0.2, 0) is 14.3 Å².